The third-order valence-electron chi connectivity index (χ3n) is 15.6. The van der Waals surface area contributed by atoms with E-state index in [1.54, 1.807) is 0 Å². The molecule has 5 aromatic carbocycles. The van der Waals surface area contributed by atoms with Crippen molar-refractivity contribution in [2.24, 2.45) is 29.1 Å². The summed E-state index contributed by atoms with van der Waals surface area (Å²) in [6.07, 6.45) is 9.51. The van der Waals surface area contributed by atoms with Crippen molar-refractivity contribution in [1.82, 2.24) is 0 Å². The van der Waals surface area contributed by atoms with E-state index in [1.165, 1.54) is 67.2 Å². The normalized spacial score (nSPS) is 30.8. The number of rotatable bonds is 3. The van der Waals surface area contributed by atoms with E-state index in [2.05, 4.69) is 136 Å². The van der Waals surface area contributed by atoms with Gasteiger partial charge in [-0.1, -0.05) is 88.4 Å². The van der Waals surface area contributed by atoms with Crippen LogP contribution >= 0.6 is 0 Å². The maximum atomic E-state index is 7.04. The van der Waals surface area contributed by atoms with Gasteiger partial charge >= 0.3 is 0 Å². The lowest BCUT2D eigenvalue weighted by atomic mass is 9.37. The number of anilines is 3. The molecule has 4 saturated carbocycles. The molecule has 3 heteroatoms. The first-order valence-electron chi connectivity index (χ1n) is 19.9. The van der Waals surface area contributed by atoms with E-state index in [9.17, 15) is 0 Å². The highest BCUT2D eigenvalue weighted by Gasteiger charge is 2.79. The molecule has 3 nitrogen and oxygen atoms in total. The molecular formula is C49H47NO2. The van der Waals surface area contributed by atoms with Gasteiger partial charge < -0.3 is 14.1 Å². The molecule has 12 rings (SSSR count). The van der Waals surface area contributed by atoms with Crippen molar-refractivity contribution in [1.29, 1.82) is 0 Å². The highest BCUT2D eigenvalue weighted by molar-refractivity contribution is 6.10. The van der Waals surface area contributed by atoms with Crippen molar-refractivity contribution >= 4 is 39.0 Å². The number of hydrogen-bond acceptors (Lipinski definition) is 3. The monoisotopic (exact) mass is 681 g/mol. The summed E-state index contributed by atoms with van der Waals surface area (Å²) < 4.78 is 13.8. The lowest BCUT2D eigenvalue weighted by Gasteiger charge is -2.66. The third kappa shape index (κ3) is 3.59. The highest BCUT2D eigenvalue weighted by atomic mass is 16.5. The van der Waals surface area contributed by atoms with Crippen molar-refractivity contribution in [2.45, 2.75) is 88.9 Å². The number of hydrogen-bond donors (Lipinski definition) is 0. The Morgan fingerprint density at radius 3 is 2.04 bits per heavy atom. The lowest BCUT2D eigenvalue weighted by molar-refractivity contribution is -0.0882. The first-order valence-corrected chi connectivity index (χ1v) is 19.9. The fraction of sp³-hybridized carbons (Fsp3) is 0.388. The zero-order valence-electron chi connectivity index (χ0n) is 30.8. The molecule has 0 N–H and O–H groups in total. The molecule has 0 amide bonds. The second kappa shape index (κ2) is 9.72. The van der Waals surface area contributed by atoms with E-state index >= 15 is 0 Å². The second-order valence-electron chi connectivity index (χ2n) is 18.9. The van der Waals surface area contributed by atoms with E-state index in [0.717, 1.165) is 62.3 Å². The number of ether oxygens (including phenoxy) is 1. The zero-order chi connectivity index (χ0) is 34.8. The minimum absolute atomic E-state index is 0.0532. The van der Waals surface area contributed by atoms with Gasteiger partial charge in [-0.25, -0.2) is 0 Å². The van der Waals surface area contributed by atoms with Gasteiger partial charge in [-0.15, -0.1) is 0 Å². The predicted molar refractivity (Wildman–Crippen MR) is 210 cm³/mol. The molecule has 6 aliphatic rings. The standard InChI is InChI=1S/C49H47NO2/c1-46(2)20-21-47(3,4)38-25-31(16-18-35(38)46)50(39-13-9-11-34-33-10-5-7-14-40(33)52-45(34)39)32-17-19-37-42(26-32)51-41-15-8-6-12-36(41)49(37)43-23-29-22-30-24-44(49)48(43,27-29)28-30/h5-19,25-26,29-30,43-44H,20-24,27-28H2,1-4H3. The maximum absolute atomic E-state index is 7.04. The van der Waals surface area contributed by atoms with E-state index < -0.39 is 0 Å². The SMILES string of the molecule is CC1(C)CCC(C)(C)c2cc(N(c3ccc4c(c3)Oc3ccccc3C43C4CC5CC6CC3C4(C5)C6)c3cccc4c3oc3ccccc34)ccc21. The average Bonchev–Trinajstić information content (AvgIpc) is 3.73. The molecule has 52 heavy (non-hydrogen) atoms. The first kappa shape index (κ1) is 30.0. The van der Waals surface area contributed by atoms with E-state index in [1.807, 2.05) is 0 Å². The number of para-hydroxylation sites is 3. The minimum Gasteiger partial charge on any atom is -0.457 e. The first-order chi connectivity index (χ1) is 25.2. The summed E-state index contributed by atoms with van der Waals surface area (Å²) in [6, 6.07) is 38.6. The summed E-state index contributed by atoms with van der Waals surface area (Å²) in [4.78, 5) is 2.45. The van der Waals surface area contributed by atoms with Gasteiger partial charge in [-0.05, 0) is 132 Å². The molecule has 5 aliphatic carbocycles. The fourth-order valence-corrected chi connectivity index (χ4v) is 13.6. The van der Waals surface area contributed by atoms with Crippen LogP contribution in [0.25, 0.3) is 21.9 Å². The van der Waals surface area contributed by atoms with E-state index in [0.29, 0.717) is 17.3 Å². The van der Waals surface area contributed by atoms with E-state index in [-0.39, 0.29) is 16.2 Å². The molecule has 2 spiro atoms. The fourth-order valence-electron chi connectivity index (χ4n) is 13.6. The van der Waals surface area contributed by atoms with Gasteiger partial charge in [0.1, 0.15) is 17.1 Å². The van der Waals surface area contributed by atoms with Crippen LogP contribution in [-0.4, -0.2) is 0 Å². The molecule has 0 saturated heterocycles. The molecule has 3 bridgehead atoms. The third-order valence-corrected chi connectivity index (χ3v) is 15.6. The van der Waals surface area contributed by atoms with Crippen LogP contribution in [0.4, 0.5) is 17.1 Å². The van der Waals surface area contributed by atoms with Crippen molar-refractivity contribution in [3.63, 3.8) is 0 Å². The Hall–Kier alpha value is -4.50. The van der Waals surface area contributed by atoms with Crippen LogP contribution in [0.2, 0.25) is 0 Å². The van der Waals surface area contributed by atoms with Gasteiger partial charge in [0.05, 0.1) is 5.69 Å². The number of fused-ring (bicyclic) bond motifs is 12. The van der Waals surface area contributed by atoms with Crippen LogP contribution in [0.15, 0.2) is 108 Å². The lowest BCUT2D eigenvalue weighted by Crippen LogP contribution is -2.64. The molecule has 4 atom stereocenters. The van der Waals surface area contributed by atoms with Crippen molar-refractivity contribution in [3.05, 3.63) is 125 Å². The Morgan fingerprint density at radius 2 is 1.23 bits per heavy atom. The summed E-state index contributed by atoms with van der Waals surface area (Å²) >= 11 is 0. The molecule has 0 radical (unpaired) electrons. The number of benzene rings is 5. The maximum Gasteiger partial charge on any atom is 0.159 e. The molecule has 4 unspecified atom stereocenters. The minimum atomic E-state index is 0.0532. The topological polar surface area (TPSA) is 25.6 Å². The molecule has 1 aromatic heterocycles. The van der Waals surface area contributed by atoms with Crippen molar-refractivity contribution < 1.29 is 9.15 Å². The number of nitrogens with zero attached hydrogens (tertiary/aromatic N) is 1. The summed E-state index contributed by atoms with van der Waals surface area (Å²) in [5.74, 6) is 5.34. The summed E-state index contributed by atoms with van der Waals surface area (Å²) in [7, 11) is 0. The molecule has 260 valence electrons. The summed E-state index contributed by atoms with van der Waals surface area (Å²) in [5, 5.41) is 2.30. The Morgan fingerprint density at radius 1 is 0.577 bits per heavy atom. The van der Waals surface area contributed by atoms with Gasteiger partial charge in [0.15, 0.2) is 5.58 Å². The van der Waals surface area contributed by atoms with Crippen molar-refractivity contribution in [3.8, 4) is 11.5 Å². The van der Waals surface area contributed by atoms with Crippen LogP contribution in [0.3, 0.4) is 0 Å². The van der Waals surface area contributed by atoms with Crippen LogP contribution in [-0.2, 0) is 16.2 Å². The van der Waals surface area contributed by atoms with Crippen LogP contribution < -0.4 is 9.64 Å². The van der Waals surface area contributed by atoms with Gasteiger partial charge in [0.2, 0.25) is 0 Å². The molecule has 4 fully saturated rings. The Kier molecular flexibility index (Phi) is 5.61. The Balaban J connectivity index is 1.08. The van der Waals surface area contributed by atoms with Gasteiger partial charge in [0, 0.05) is 44.8 Å². The predicted octanol–water partition coefficient (Wildman–Crippen LogP) is 13.3. The van der Waals surface area contributed by atoms with Crippen LogP contribution in [0.5, 0.6) is 11.5 Å². The van der Waals surface area contributed by atoms with Gasteiger partial charge in [-0.2, -0.15) is 0 Å². The largest absolute Gasteiger partial charge is 0.457 e. The van der Waals surface area contributed by atoms with Gasteiger partial charge in [0.25, 0.3) is 0 Å². The molecular weight excluding hydrogens is 635 g/mol. The van der Waals surface area contributed by atoms with Crippen LogP contribution in [0.1, 0.15) is 94.9 Å². The van der Waals surface area contributed by atoms with Crippen LogP contribution in [0, 0.1) is 29.1 Å². The second-order valence-corrected chi connectivity index (χ2v) is 18.9. The molecule has 1 aliphatic heterocycles. The quantitative estimate of drug-likeness (QED) is 0.186. The zero-order valence-corrected chi connectivity index (χ0v) is 30.8. The smallest absolute Gasteiger partial charge is 0.159 e. The Bertz CT molecular complexity index is 2470. The van der Waals surface area contributed by atoms with E-state index in [4.69, 9.17) is 9.15 Å². The molecule has 6 aromatic rings. The van der Waals surface area contributed by atoms with Gasteiger partial charge in [-0.3, -0.25) is 0 Å². The summed E-state index contributed by atoms with van der Waals surface area (Å²) in [6.45, 7) is 9.67. The number of furan rings is 1. The summed E-state index contributed by atoms with van der Waals surface area (Å²) in [5.41, 5.74) is 11.8. The average molecular weight is 682 g/mol. The highest BCUT2D eigenvalue weighted by Crippen LogP contribution is 2.84. The van der Waals surface area contributed by atoms with Crippen molar-refractivity contribution in [2.75, 3.05) is 4.90 Å². The Labute approximate surface area is 307 Å². The molecule has 2 heterocycles.